The third-order valence-corrected chi connectivity index (χ3v) is 13.6. The van der Waals surface area contributed by atoms with E-state index in [9.17, 15) is 39.6 Å². The number of aromatic carboxylic acids is 4. The molecule has 442 valence electrons. The summed E-state index contributed by atoms with van der Waals surface area (Å²) in [4.78, 5) is 76.4. The van der Waals surface area contributed by atoms with Gasteiger partial charge in [0.25, 0.3) is 0 Å². The summed E-state index contributed by atoms with van der Waals surface area (Å²) in [6.45, 7) is 0. The van der Waals surface area contributed by atoms with E-state index in [2.05, 4.69) is 169 Å². The van der Waals surface area contributed by atoms with Crippen molar-refractivity contribution in [1.29, 1.82) is 0 Å². The number of hydrogen-bond donors (Lipinski definition) is 0. The number of fused-ring (bicyclic) bond motifs is 12. The first-order valence-electron chi connectivity index (χ1n) is 24.6. The summed E-state index contributed by atoms with van der Waals surface area (Å²) < 4.78 is 0.551. The molecule has 0 bridgehead atoms. The van der Waals surface area contributed by atoms with Gasteiger partial charge in [-0.2, -0.15) is 0 Å². The number of halogens is 2. The van der Waals surface area contributed by atoms with Gasteiger partial charge in [0.2, 0.25) is 0 Å². The Labute approximate surface area is 537 Å². The Kier molecular flexibility index (Phi) is 28.4. The van der Waals surface area contributed by atoms with Gasteiger partial charge in [-0.05, 0) is 83.9 Å². The van der Waals surface area contributed by atoms with Crippen LogP contribution < -0.4 is 20.4 Å². The average molecular weight is 1390 g/mol. The predicted octanol–water partition coefficient (Wildman–Crippen LogP) is 6.18. The first kappa shape index (κ1) is 72.6. The first-order valence-corrected chi connectivity index (χ1v) is 26.2. The molecule has 0 unspecified atom stereocenters. The third-order valence-electron chi connectivity index (χ3n) is 12.2. The van der Waals surface area contributed by atoms with Gasteiger partial charge in [-0.3, -0.25) is 39.9 Å². The van der Waals surface area contributed by atoms with Gasteiger partial charge >= 0.3 is 34.1 Å². The van der Waals surface area contributed by atoms with E-state index < -0.39 is 23.9 Å². The van der Waals surface area contributed by atoms with Gasteiger partial charge in [-0.25, -0.2) is 0 Å². The Morgan fingerprint density at radius 1 is 0.261 bits per heavy atom. The van der Waals surface area contributed by atoms with Crippen LogP contribution in [-0.4, -0.2) is 85.7 Å². The van der Waals surface area contributed by atoms with Crippen molar-refractivity contribution in [3.05, 3.63) is 263 Å². The molecule has 0 atom stereocenters. The number of carboxylic acids is 4. The number of benzene rings is 6. The van der Waals surface area contributed by atoms with Crippen LogP contribution in [0, 0.1) is 0 Å². The number of rotatable bonds is 4. The second-order valence-corrected chi connectivity index (χ2v) is 19.1. The molecule has 0 aliphatic carbocycles. The topological polar surface area (TPSA) is 390 Å². The molecule has 8 aromatic heterocycles. The maximum absolute atomic E-state index is 10.4. The molecule has 8 N–H and O–H groups in total. The molecule has 2 radical (unpaired) electrons. The summed E-state index contributed by atoms with van der Waals surface area (Å²) in [7, 11) is 0. The van der Waals surface area contributed by atoms with Gasteiger partial charge in [0.15, 0.2) is 0 Å². The Hall–Kier alpha value is -9.68. The second-order valence-electron chi connectivity index (χ2n) is 17.4. The maximum atomic E-state index is 10.4. The van der Waals surface area contributed by atoms with Crippen molar-refractivity contribution >= 4 is 143 Å². The third kappa shape index (κ3) is 17.7. The van der Waals surface area contributed by atoms with Crippen LogP contribution in [0.3, 0.4) is 0 Å². The predicted molar refractivity (Wildman–Crippen MR) is 328 cm³/mol. The van der Waals surface area contributed by atoms with Gasteiger partial charge in [-0.15, -0.1) is 0 Å². The number of carbonyl (C=O) groups excluding carboxylic acids is 4. The zero-order valence-electron chi connectivity index (χ0n) is 45.3. The molecule has 14 aromatic rings. The molecule has 0 aliphatic rings. The summed E-state index contributed by atoms with van der Waals surface area (Å²) in [6, 6.07) is 55.6. The van der Waals surface area contributed by atoms with Crippen LogP contribution in [0.2, 0.25) is 0 Å². The molecule has 0 spiro atoms. The molecule has 14 rings (SSSR count). The molecule has 20 nitrogen and oxygen atoms in total. The van der Waals surface area contributed by atoms with E-state index in [1.165, 1.54) is 24.3 Å². The number of carboxylic acid groups (broad SMARTS) is 4. The minimum absolute atomic E-state index is 0. The van der Waals surface area contributed by atoms with Crippen LogP contribution >= 0.6 is 31.9 Å². The summed E-state index contributed by atoms with van der Waals surface area (Å²) in [5.74, 6) is -5.71. The molecule has 0 saturated carbocycles. The zero-order chi connectivity index (χ0) is 57.5. The molecular formula is C64H46Br2Mn2N8O12. The van der Waals surface area contributed by atoms with Crippen molar-refractivity contribution in [3.8, 4) is 0 Å². The van der Waals surface area contributed by atoms with Crippen LogP contribution in [-0.2, 0) is 34.1 Å². The fourth-order valence-electron chi connectivity index (χ4n) is 8.34. The van der Waals surface area contributed by atoms with Gasteiger partial charge in [-0.1, -0.05) is 141 Å². The molecular weight excluding hydrogens is 1340 g/mol. The molecule has 0 aliphatic heterocycles. The number of pyridine rings is 8. The second kappa shape index (κ2) is 34.5. The van der Waals surface area contributed by atoms with Gasteiger partial charge in [0, 0.05) is 113 Å². The van der Waals surface area contributed by atoms with Crippen molar-refractivity contribution in [1.82, 2.24) is 39.9 Å². The molecule has 24 heteroatoms. The molecule has 0 amide bonds. The number of aromatic nitrogens is 8. The molecule has 88 heavy (non-hydrogen) atoms. The Bertz CT molecular complexity index is 3980. The van der Waals surface area contributed by atoms with E-state index in [-0.39, 0.29) is 87.2 Å². The molecule has 0 fully saturated rings. The van der Waals surface area contributed by atoms with E-state index >= 15 is 0 Å². The standard InChI is InChI=1S/4C12H8N2.2C8H5BrO4.2Mn.4H2O/c4*1-3-9-5-6-10-4-2-8-14-12(10)11(9)13-7-1;2*9-6-2-1-4(7(10)11)3-5(6)8(12)13;;;;;;/h4*1-8H;2*1-3H,(H,10,11)(H,12,13);;;4*1H2/q;;;;;;2*+2;;;;/p-4. The zero-order valence-corrected chi connectivity index (χ0v) is 50.8. The van der Waals surface area contributed by atoms with Gasteiger partial charge in [0.05, 0.1) is 68.0 Å². The monoisotopic (exact) mass is 1390 g/mol. The van der Waals surface area contributed by atoms with Crippen LogP contribution in [0.15, 0.2) is 241 Å². The van der Waals surface area contributed by atoms with Crippen LogP contribution in [0.25, 0.3) is 87.2 Å². The number of nitrogens with zero attached hydrogens (tertiary/aromatic N) is 8. The van der Waals surface area contributed by atoms with Crippen LogP contribution in [0.1, 0.15) is 41.4 Å². The number of carbonyl (C=O) groups is 4. The van der Waals surface area contributed by atoms with Crippen molar-refractivity contribution in [3.63, 3.8) is 0 Å². The Morgan fingerprint density at radius 3 is 0.580 bits per heavy atom. The minimum Gasteiger partial charge on any atom is -0.545 e. The summed E-state index contributed by atoms with van der Waals surface area (Å²) in [5.41, 5.74) is 7.02. The van der Waals surface area contributed by atoms with Crippen LogP contribution in [0.5, 0.6) is 0 Å². The summed E-state index contributed by atoms with van der Waals surface area (Å²) in [5, 5.41) is 50.7. The van der Waals surface area contributed by atoms with E-state index in [1.807, 2.05) is 48.5 Å². The van der Waals surface area contributed by atoms with Crippen molar-refractivity contribution in [2.45, 2.75) is 0 Å². The summed E-state index contributed by atoms with van der Waals surface area (Å²) in [6.07, 6.45) is 14.4. The van der Waals surface area contributed by atoms with Gasteiger partial charge in [0.1, 0.15) is 0 Å². The van der Waals surface area contributed by atoms with Crippen molar-refractivity contribution in [2.24, 2.45) is 0 Å². The first-order chi connectivity index (χ1) is 39.8. The number of hydrogen-bond acceptors (Lipinski definition) is 16. The summed E-state index contributed by atoms with van der Waals surface area (Å²) >= 11 is 5.89. The molecule has 0 saturated heterocycles. The fraction of sp³-hybridized carbons (Fsp3) is 0. The van der Waals surface area contributed by atoms with E-state index in [1.54, 1.807) is 49.6 Å². The smallest absolute Gasteiger partial charge is 0.545 e. The van der Waals surface area contributed by atoms with Gasteiger partial charge < -0.3 is 61.5 Å². The van der Waals surface area contributed by atoms with E-state index in [4.69, 9.17) is 0 Å². The largest absolute Gasteiger partial charge is 2.00 e. The van der Waals surface area contributed by atoms with Crippen LogP contribution in [0.4, 0.5) is 0 Å². The van der Waals surface area contributed by atoms with E-state index in [0.717, 1.165) is 99.4 Å². The Balaban J connectivity index is 0.000000273. The fourth-order valence-corrected chi connectivity index (χ4v) is 9.15. The maximum Gasteiger partial charge on any atom is 2.00 e. The van der Waals surface area contributed by atoms with E-state index in [0.29, 0.717) is 0 Å². The average Bonchev–Trinajstić information content (AvgIpc) is 3.23. The molecule has 6 aromatic carbocycles. The van der Waals surface area contributed by atoms with Crippen molar-refractivity contribution in [2.75, 3.05) is 0 Å². The quantitative estimate of drug-likeness (QED) is 0.140. The van der Waals surface area contributed by atoms with Crippen molar-refractivity contribution < 1.29 is 95.6 Å². The normalized spacial score (nSPS) is 9.75. The minimum atomic E-state index is -1.44. The Morgan fingerprint density at radius 2 is 0.432 bits per heavy atom. The molecule has 8 heterocycles. The SMILES string of the molecule is O.O.O.O.O=C([O-])c1ccc(Br)c(C(=O)[O-])c1.O=C([O-])c1ccc(Br)c(C(=O)[O-])c1.[Mn+2].[Mn+2].c1cnc2c(c1)ccc1cccnc12.c1cnc2c(c1)ccc1cccnc12.c1cnc2c(c1)ccc1cccnc12.c1cnc2c(c1)ccc1cccnc12.